The number of nitrogens with zero attached hydrogens (tertiary/aromatic N) is 2. The van der Waals surface area contributed by atoms with Crippen LogP contribution in [0, 0.1) is 11.6 Å². The Morgan fingerprint density at radius 3 is 2.42 bits per heavy atom. The number of benzene rings is 1. The Morgan fingerprint density at radius 2 is 1.75 bits per heavy atom. The zero-order valence-corrected chi connectivity index (χ0v) is 12.7. The molecule has 0 spiro atoms. The Balaban J connectivity index is 1.57. The van der Waals surface area contributed by atoms with E-state index in [1.807, 2.05) is 0 Å². The second-order valence-electron chi connectivity index (χ2n) is 5.31. The molecule has 0 bridgehead atoms. The van der Waals surface area contributed by atoms with Gasteiger partial charge in [0.1, 0.15) is 11.6 Å². The zero-order chi connectivity index (χ0) is 17.1. The maximum atomic E-state index is 13.6. The molecule has 0 unspecified atom stereocenters. The monoisotopic (exact) mass is 335 g/mol. The third-order valence-electron chi connectivity index (χ3n) is 3.76. The molecule has 24 heavy (non-hydrogen) atoms. The van der Waals surface area contributed by atoms with Gasteiger partial charge in [0.15, 0.2) is 5.76 Å². The predicted molar refractivity (Wildman–Crippen MR) is 81.6 cm³/mol. The molecule has 6 nitrogen and oxygen atoms in total. The number of halogens is 2. The van der Waals surface area contributed by atoms with E-state index < -0.39 is 17.7 Å². The molecular formula is C16H15F2N3O3. The van der Waals surface area contributed by atoms with Gasteiger partial charge in [-0.3, -0.25) is 4.79 Å². The average molecular weight is 335 g/mol. The van der Waals surface area contributed by atoms with Gasteiger partial charge in [0.2, 0.25) is 0 Å². The van der Waals surface area contributed by atoms with Gasteiger partial charge in [-0.15, -0.1) is 0 Å². The Kier molecular flexibility index (Phi) is 4.45. The smallest absolute Gasteiger partial charge is 0.322 e. The molecule has 126 valence electrons. The molecule has 0 saturated carbocycles. The SMILES string of the molecule is O=C(Nc1cc(F)ccc1F)N1CCN(C(=O)c2ccco2)CC1. The highest BCUT2D eigenvalue weighted by atomic mass is 19.1. The molecule has 1 aliphatic heterocycles. The summed E-state index contributed by atoms with van der Waals surface area (Å²) in [6, 6.07) is 5.52. The molecule has 2 heterocycles. The number of nitrogens with one attached hydrogen (secondary N) is 1. The van der Waals surface area contributed by atoms with Gasteiger partial charge in [0.05, 0.1) is 12.0 Å². The first kappa shape index (κ1) is 16.0. The van der Waals surface area contributed by atoms with E-state index in [1.165, 1.54) is 11.2 Å². The van der Waals surface area contributed by atoms with Crippen molar-refractivity contribution in [2.24, 2.45) is 0 Å². The molecule has 8 heteroatoms. The highest BCUT2D eigenvalue weighted by Crippen LogP contribution is 2.16. The van der Waals surface area contributed by atoms with Gasteiger partial charge in [-0.1, -0.05) is 0 Å². The summed E-state index contributed by atoms with van der Waals surface area (Å²) in [5, 5.41) is 2.34. The number of piperazine rings is 1. The van der Waals surface area contributed by atoms with Crippen molar-refractivity contribution >= 4 is 17.6 Å². The molecule has 1 aromatic heterocycles. The average Bonchev–Trinajstić information content (AvgIpc) is 3.12. The molecule has 3 rings (SSSR count). The number of hydrogen-bond acceptors (Lipinski definition) is 3. The van der Waals surface area contributed by atoms with Gasteiger partial charge in [-0.25, -0.2) is 13.6 Å². The van der Waals surface area contributed by atoms with Crippen molar-refractivity contribution in [1.29, 1.82) is 0 Å². The van der Waals surface area contributed by atoms with E-state index in [0.717, 1.165) is 18.2 Å². The predicted octanol–water partition coefficient (Wildman–Crippen LogP) is 2.55. The summed E-state index contributed by atoms with van der Waals surface area (Å²) < 4.78 is 31.8. The molecule has 0 radical (unpaired) electrons. The van der Waals surface area contributed by atoms with Crippen molar-refractivity contribution in [3.63, 3.8) is 0 Å². The first-order chi connectivity index (χ1) is 11.5. The first-order valence-corrected chi connectivity index (χ1v) is 7.38. The van der Waals surface area contributed by atoms with E-state index >= 15 is 0 Å². The number of amides is 3. The van der Waals surface area contributed by atoms with Crippen LogP contribution >= 0.6 is 0 Å². The minimum Gasteiger partial charge on any atom is -0.459 e. The summed E-state index contributed by atoms with van der Waals surface area (Å²) in [6.45, 7) is 1.24. The standard InChI is InChI=1S/C16H15F2N3O3/c17-11-3-4-12(18)13(10-11)19-16(23)21-7-5-20(6-8-21)15(22)14-2-1-9-24-14/h1-4,9-10H,5-8H2,(H,19,23). The van der Waals surface area contributed by atoms with Crippen molar-refractivity contribution in [2.75, 3.05) is 31.5 Å². The lowest BCUT2D eigenvalue weighted by Crippen LogP contribution is -2.51. The second kappa shape index (κ2) is 6.69. The van der Waals surface area contributed by atoms with Crippen LogP contribution in [-0.4, -0.2) is 47.9 Å². The highest BCUT2D eigenvalue weighted by Gasteiger charge is 2.26. The molecule has 0 aliphatic carbocycles. The normalized spacial score (nSPS) is 14.6. The fourth-order valence-electron chi connectivity index (χ4n) is 2.46. The molecule has 2 aromatic rings. The fourth-order valence-corrected chi connectivity index (χ4v) is 2.46. The van der Waals surface area contributed by atoms with Crippen molar-refractivity contribution in [1.82, 2.24) is 9.80 Å². The summed E-state index contributed by atoms with van der Waals surface area (Å²) in [7, 11) is 0. The molecule has 1 aromatic carbocycles. The molecule has 0 atom stereocenters. The topological polar surface area (TPSA) is 65.8 Å². The lowest BCUT2D eigenvalue weighted by Gasteiger charge is -2.34. The number of carbonyl (C=O) groups excluding carboxylic acids is 2. The summed E-state index contributed by atoms with van der Waals surface area (Å²) >= 11 is 0. The molecule has 1 aliphatic rings. The van der Waals surface area contributed by atoms with Gasteiger partial charge < -0.3 is 19.5 Å². The number of urea groups is 1. The van der Waals surface area contributed by atoms with Crippen LogP contribution < -0.4 is 5.32 Å². The summed E-state index contributed by atoms with van der Waals surface area (Å²) in [6.07, 6.45) is 1.42. The fraction of sp³-hybridized carbons (Fsp3) is 0.250. The molecular weight excluding hydrogens is 320 g/mol. The zero-order valence-electron chi connectivity index (χ0n) is 12.7. The minimum atomic E-state index is -0.712. The Labute approximate surface area is 136 Å². The number of rotatable bonds is 2. The number of carbonyl (C=O) groups is 2. The van der Waals surface area contributed by atoms with E-state index in [-0.39, 0.29) is 30.4 Å². The van der Waals surface area contributed by atoms with Crippen LogP contribution in [0.5, 0.6) is 0 Å². The largest absolute Gasteiger partial charge is 0.459 e. The first-order valence-electron chi connectivity index (χ1n) is 7.38. The summed E-state index contributed by atoms with van der Waals surface area (Å²) in [5.74, 6) is -1.34. The molecule has 3 amide bonds. The van der Waals surface area contributed by atoms with Crippen LogP contribution in [-0.2, 0) is 0 Å². The van der Waals surface area contributed by atoms with Crippen LogP contribution in [0.4, 0.5) is 19.3 Å². The Morgan fingerprint density at radius 1 is 1.04 bits per heavy atom. The Bertz CT molecular complexity index is 741. The van der Waals surface area contributed by atoms with Crippen molar-refractivity contribution in [3.8, 4) is 0 Å². The summed E-state index contributed by atoms with van der Waals surface area (Å²) in [5.41, 5.74) is -0.214. The van der Waals surface area contributed by atoms with Crippen LogP contribution in [0.25, 0.3) is 0 Å². The maximum Gasteiger partial charge on any atom is 0.322 e. The number of furan rings is 1. The Hall–Kier alpha value is -2.90. The van der Waals surface area contributed by atoms with E-state index in [0.29, 0.717) is 13.1 Å². The van der Waals surface area contributed by atoms with Gasteiger partial charge in [0, 0.05) is 32.2 Å². The lowest BCUT2D eigenvalue weighted by molar-refractivity contribution is 0.0640. The van der Waals surface area contributed by atoms with E-state index in [1.54, 1.807) is 17.0 Å². The van der Waals surface area contributed by atoms with Gasteiger partial charge in [0.25, 0.3) is 5.91 Å². The number of anilines is 1. The maximum absolute atomic E-state index is 13.6. The van der Waals surface area contributed by atoms with Crippen molar-refractivity contribution < 1.29 is 22.8 Å². The third-order valence-corrected chi connectivity index (χ3v) is 3.76. The van der Waals surface area contributed by atoms with Crippen LogP contribution in [0.3, 0.4) is 0 Å². The summed E-state index contributed by atoms with van der Waals surface area (Å²) in [4.78, 5) is 27.3. The van der Waals surface area contributed by atoms with Crippen molar-refractivity contribution in [3.05, 3.63) is 54.0 Å². The number of hydrogen-bond donors (Lipinski definition) is 1. The second-order valence-corrected chi connectivity index (χ2v) is 5.31. The van der Waals surface area contributed by atoms with Crippen molar-refractivity contribution in [2.45, 2.75) is 0 Å². The van der Waals surface area contributed by atoms with Crippen LogP contribution in [0.2, 0.25) is 0 Å². The quantitative estimate of drug-likeness (QED) is 0.917. The third kappa shape index (κ3) is 3.37. The minimum absolute atomic E-state index is 0.214. The van der Waals surface area contributed by atoms with E-state index in [2.05, 4.69) is 5.32 Å². The molecule has 1 N–H and O–H groups in total. The van der Waals surface area contributed by atoms with Crippen LogP contribution in [0.1, 0.15) is 10.6 Å². The molecule has 1 fully saturated rings. The van der Waals surface area contributed by atoms with E-state index in [4.69, 9.17) is 4.42 Å². The van der Waals surface area contributed by atoms with E-state index in [9.17, 15) is 18.4 Å². The highest BCUT2D eigenvalue weighted by molar-refractivity contribution is 5.92. The van der Waals surface area contributed by atoms with Gasteiger partial charge >= 0.3 is 6.03 Å². The van der Waals surface area contributed by atoms with Gasteiger partial charge in [-0.2, -0.15) is 0 Å². The lowest BCUT2D eigenvalue weighted by atomic mass is 10.2. The molecule has 1 saturated heterocycles. The van der Waals surface area contributed by atoms with Gasteiger partial charge in [-0.05, 0) is 24.3 Å². The van der Waals surface area contributed by atoms with Crippen LogP contribution in [0.15, 0.2) is 41.0 Å².